The molecule has 0 bridgehead atoms. The summed E-state index contributed by atoms with van der Waals surface area (Å²) >= 11 is 0. The Bertz CT molecular complexity index is 692. The van der Waals surface area contributed by atoms with Crippen LogP contribution in [0.5, 0.6) is 0 Å². The number of carboxylic acid groups (broad SMARTS) is 1. The van der Waals surface area contributed by atoms with E-state index in [1.54, 1.807) is 12.1 Å². The summed E-state index contributed by atoms with van der Waals surface area (Å²) in [5.74, 6) is -0.891. The Hall–Kier alpha value is -2.13. The van der Waals surface area contributed by atoms with Crippen LogP contribution in [0.4, 0.5) is 0 Å². The van der Waals surface area contributed by atoms with Crippen LogP contribution in [0, 0.1) is 0 Å². The molecule has 1 aliphatic heterocycles. The van der Waals surface area contributed by atoms with Crippen LogP contribution >= 0.6 is 0 Å². The Kier molecular flexibility index (Phi) is 3.05. The third-order valence-corrected chi connectivity index (χ3v) is 5.17. The van der Waals surface area contributed by atoms with E-state index in [1.165, 1.54) is 12.0 Å². The summed E-state index contributed by atoms with van der Waals surface area (Å²) in [6, 6.07) is 17.7. The molecule has 0 amide bonds. The average Bonchev–Trinajstić information content (AvgIpc) is 2.86. The van der Waals surface area contributed by atoms with Gasteiger partial charge in [0.25, 0.3) is 0 Å². The number of benzene rings is 2. The number of hydrogen-bond donors (Lipinski definition) is 1. The van der Waals surface area contributed by atoms with Crippen molar-refractivity contribution < 1.29 is 14.6 Å². The van der Waals surface area contributed by atoms with Crippen LogP contribution in [-0.2, 0) is 10.2 Å². The number of aromatic carboxylic acids is 1. The third kappa shape index (κ3) is 1.82. The highest BCUT2D eigenvalue weighted by molar-refractivity contribution is 5.87. The van der Waals surface area contributed by atoms with Crippen molar-refractivity contribution in [1.82, 2.24) is 0 Å². The van der Waals surface area contributed by atoms with Gasteiger partial charge in [-0.2, -0.15) is 0 Å². The molecule has 3 heteroatoms. The summed E-state index contributed by atoms with van der Waals surface area (Å²) in [4.78, 5) is 11.0. The lowest BCUT2D eigenvalue weighted by Gasteiger charge is -2.53. The first-order valence-electron chi connectivity index (χ1n) is 7.76. The summed E-state index contributed by atoms with van der Waals surface area (Å²) in [7, 11) is 0. The molecule has 0 spiro atoms. The number of fused-ring (bicyclic) bond motifs is 1. The second-order valence-electron chi connectivity index (χ2n) is 6.23. The van der Waals surface area contributed by atoms with Gasteiger partial charge in [-0.1, -0.05) is 42.5 Å². The molecule has 4 rings (SSSR count). The normalized spacial score (nSPS) is 29.6. The fourth-order valence-corrected chi connectivity index (χ4v) is 4.11. The molecule has 2 aromatic rings. The van der Waals surface area contributed by atoms with Gasteiger partial charge in [0.1, 0.15) is 0 Å². The maximum atomic E-state index is 11.0. The first kappa shape index (κ1) is 13.5. The van der Waals surface area contributed by atoms with Gasteiger partial charge in [0.05, 0.1) is 23.2 Å². The molecule has 3 atom stereocenters. The number of rotatable bonds is 3. The predicted molar refractivity (Wildman–Crippen MR) is 83.0 cm³/mol. The molecule has 3 nitrogen and oxygen atoms in total. The highest BCUT2D eigenvalue weighted by Gasteiger charge is 2.60. The number of carboxylic acids is 1. The minimum Gasteiger partial charge on any atom is -0.478 e. The highest BCUT2D eigenvalue weighted by Crippen LogP contribution is 2.60. The minimum absolute atomic E-state index is 0.0326. The smallest absolute Gasteiger partial charge is 0.335 e. The van der Waals surface area contributed by atoms with E-state index in [0.29, 0.717) is 11.7 Å². The van der Waals surface area contributed by atoms with Crippen molar-refractivity contribution in [3.63, 3.8) is 0 Å². The van der Waals surface area contributed by atoms with E-state index < -0.39 is 5.97 Å². The van der Waals surface area contributed by atoms with Crippen LogP contribution in [0.25, 0.3) is 0 Å². The molecule has 1 saturated carbocycles. The number of carbonyl (C=O) groups is 1. The van der Waals surface area contributed by atoms with E-state index in [0.717, 1.165) is 18.4 Å². The van der Waals surface area contributed by atoms with Gasteiger partial charge in [0.2, 0.25) is 0 Å². The van der Waals surface area contributed by atoms with E-state index in [1.807, 2.05) is 18.2 Å². The van der Waals surface area contributed by atoms with Crippen LogP contribution in [0.15, 0.2) is 54.6 Å². The van der Waals surface area contributed by atoms with Gasteiger partial charge in [0, 0.05) is 0 Å². The van der Waals surface area contributed by atoms with E-state index >= 15 is 0 Å². The summed E-state index contributed by atoms with van der Waals surface area (Å²) in [6.45, 7) is 0. The maximum Gasteiger partial charge on any atom is 0.335 e. The Morgan fingerprint density at radius 3 is 2.45 bits per heavy atom. The van der Waals surface area contributed by atoms with Crippen molar-refractivity contribution in [3.05, 3.63) is 71.3 Å². The fraction of sp³-hybridized carbons (Fsp3) is 0.316. The zero-order valence-electron chi connectivity index (χ0n) is 12.2. The Labute approximate surface area is 129 Å². The van der Waals surface area contributed by atoms with Gasteiger partial charge < -0.3 is 9.84 Å². The summed E-state index contributed by atoms with van der Waals surface area (Å²) < 4.78 is 6.16. The Balaban J connectivity index is 1.72. The van der Waals surface area contributed by atoms with Crippen LogP contribution in [0.1, 0.15) is 46.9 Å². The van der Waals surface area contributed by atoms with Gasteiger partial charge in [-0.15, -0.1) is 0 Å². The second-order valence-corrected chi connectivity index (χ2v) is 6.23. The largest absolute Gasteiger partial charge is 0.478 e. The molecule has 2 aromatic carbocycles. The van der Waals surface area contributed by atoms with E-state index in [2.05, 4.69) is 24.3 Å². The zero-order chi connectivity index (χ0) is 15.2. The third-order valence-electron chi connectivity index (χ3n) is 5.17. The van der Waals surface area contributed by atoms with Crippen LogP contribution in [0.3, 0.4) is 0 Å². The predicted octanol–water partition coefficient (Wildman–Crippen LogP) is 3.95. The topological polar surface area (TPSA) is 46.5 Å². The monoisotopic (exact) mass is 294 g/mol. The molecule has 1 aliphatic carbocycles. The SMILES string of the molecule is O=C(O)c1ccc([C@@H]2O[C@@H]3CCC[C@@]32c2ccccc2)cc1. The molecule has 0 aromatic heterocycles. The van der Waals surface area contributed by atoms with Gasteiger partial charge in [0.15, 0.2) is 0 Å². The molecule has 0 unspecified atom stereocenters. The van der Waals surface area contributed by atoms with Gasteiger partial charge in [-0.25, -0.2) is 4.79 Å². The standard InChI is InChI=1S/C19H18O3/c20-18(21)14-10-8-13(9-11-14)17-19(12-4-7-16(19)22-17)15-5-2-1-3-6-15/h1-3,5-6,8-11,16-17H,4,7,12H2,(H,20,21)/t16-,17+,19-/m1/s1. The lowest BCUT2D eigenvalue weighted by molar-refractivity contribution is -0.194. The van der Waals surface area contributed by atoms with Crippen LogP contribution in [-0.4, -0.2) is 17.2 Å². The molecule has 1 saturated heterocycles. The van der Waals surface area contributed by atoms with Crippen molar-refractivity contribution >= 4 is 5.97 Å². The first-order chi connectivity index (χ1) is 10.7. The van der Waals surface area contributed by atoms with Crippen molar-refractivity contribution in [2.24, 2.45) is 0 Å². The molecule has 1 N–H and O–H groups in total. The maximum absolute atomic E-state index is 11.0. The number of ether oxygens (including phenoxy) is 1. The van der Waals surface area contributed by atoms with Gasteiger partial charge in [-0.3, -0.25) is 0 Å². The molecule has 0 radical (unpaired) electrons. The van der Waals surface area contributed by atoms with Crippen LogP contribution in [0.2, 0.25) is 0 Å². The summed E-state index contributed by atoms with van der Waals surface area (Å²) in [6.07, 6.45) is 3.75. The molecular weight excluding hydrogens is 276 g/mol. The van der Waals surface area contributed by atoms with E-state index in [4.69, 9.17) is 9.84 Å². The summed E-state index contributed by atoms with van der Waals surface area (Å²) in [5, 5.41) is 9.03. The molecular formula is C19H18O3. The van der Waals surface area contributed by atoms with E-state index in [9.17, 15) is 4.79 Å². The first-order valence-corrected chi connectivity index (χ1v) is 7.76. The van der Waals surface area contributed by atoms with Crippen LogP contribution < -0.4 is 0 Å². The quantitative estimate of drug-likeness (QED) is 0.932. The zero-order valence-corrected chi connectivity index (χ0v) is 12.2. The minimum atomic E-state index is -0.891. The average molecular weight is 294 g/mol. The fourth-order valence-electron chi connectivity index (χ4n) is 4.11. The molecule has 2 fully saturated rings. The summed E-state index contributed by atoms with van der Waals surface area (Å²) in [5.41, 5.74) is 2.80. The Morgan fingerprint density at radius 2 is 1.82 bits per heavy atom. The molecule has 1 heterocycles. The van der Waals surface area contributed by atoms with Gasteiger partial charge in [-0.05, 0) is 42.5 Å². The van der Waals surface area contributed by atoms with Gasteiger partial charge >= 0.3 is 5.97 Å². The molecule has 112 valence electrons. The van der Waals surface area contributed by atoms with Crippen molar-refractivity contribution in [2.45, 2.75) is 36.9 Å². The molecule has 22 heavy (non-hydrogen) atoms. The van der Waals surface area contributed by atoms with E-state index in [-0.39, 0.29) is 11.5 Å². The van der Waals surface area contributed by atoms with Crippen molar-refractivity contribution in [3.8, 4) is 0 Å². The Morgan fingerprint density at radius 1 is 1.09 bits per heavy atom. The lowest BCUT2D eigenvalue weighted by Crippen LogP contribution is -2.54. The number of hydrogen-bond acceptors (Lipinski definition) is 2. The van der Waals surface area contributed by atoms with Crippen molar-refractivity contribution in [2.75, 3.05) is 0 Å². The molecule has 2 aliphatic rings. The highest BCUT2D eigenvalue weighted by atomic mass is 16.5. The second kappa shape index (κ2) is 4.96. The van der Waals surface area contributed by atoms with Crippen molar-refractivity contribution in [1.29, 1.82) is 0 Å². The lowest BCUT2D eigenvalue weighted by atomic mass is 9.66.